The number of rotatable bonds is 5. The molecule has 0 saturated carbocycles. The minimum absolute atomic E-state index is 0.217. The Bertz CT molecular complexity index is 603. The molecule has 2 rings (SSSR count). The second kappa shape index (κ2) is 6.80. The van der Waals surface area contributed by atoms with E-state index in [9.17, 15) is 4.79 Å². The van der Waals surface area contributed by atoms with Crippen LogP contribution < -0.4 is 0 Å². The molecule has 1 nitrogen and oxygen atoms in total. The minimum atomic E-state index is -0.317. The molecule has 0 aliphatic heterocycles. The second-order valence-electron chi connectivity index (χ2n) is 6.15. The van der Waals surface area contributed by atoms with E-state index in [-0.39, 0.29) is 11.2 Å². The predicted octanol–water partition coefficient (Wildman–Crippen LogP) is 6.15. The van der Waals surface area contributed by atoms with Gasteiger partial charge in [-0.05, 0) is 46.9 Å². The Morgan fingerprint density at radius 2 is 1.81 bits per heavy atom. The van der Waals surface area contributed by atoms with Crippen LogP contribution in [0.2, 0.25) is 0 Å². The summed E-state index contributed by atoms with van der Waals surface area (Å²) >= 11 is 3.43. The first-order chi connectivity index (χ1) is 9.91. The van der Waals surface area contributed by atoms with E-state index >= 15 is 0 Å². The van der Waals surface area contributed by atoms with E-state index in [1.807, 2.05) is 38.6 Å². The van der Waals surface area contributed by atoms with E-state index in [1.165, 1.54) is 16.9 Å². The van der Waals surface area contributed by atoms with E-state index < -0.39 is 0 Å². The van der Waals surface area contributed by atoms with Gasteiger partial charge in [-0.25, -0.2) is 0 Å². The van der Waals surface area contributed by atoms with Crippen molar-refractivity contribution in [1.29, 1.82) is 0 Å². The molecule has 2 aromatic rings. The molecule has 112 valence electrons. The quantitative estimate of drug-likeness (QED) is 0.486. The molecule has 21 heavy (non-hydrogen) atoms. The minimum Gasteiger partial charge on any atom is -0.293 e. The second-order valence-corrected chi connectivity index (χ2v) is 8.23. The molecule has 1 aromatic heterocycles. The lowest BCUT2D eigenvalue weighted by molar-refractivity contribution is 0.0863. The van der Waals surface area contributed by atoms with Crippen molar-refractivity contribution in [3.05, 3.63) is 40.6 Å². The maximum Gasteiger partial charge on any atom is 0.178 e. The first-order valence-electron chi connectivity index (χ1n) is 7.28. The van der Waals surface area contributed by atoms with Crippen molar-refractivity contribution in [1.82, 2.24) is 0 Å². The van der Waals surface area contributed by atoms with Crippen molar-refractivity contribution < 1.29 is 4.79 Å². The number of carbonyl (C=O) groups is 1. The average Bonchev–Trinajstić information content (AvgIpc) is 2.93. The van der Waals surface area contributed by atoms with Crippen molar-refractivity contribution in [3.8, 4) is 11.1 Å². The molecule has 1 aromatic carbocycles. The molecule has 0 amide bonds. The molecular weight excluding hydrogens is 296 g/mol. The van der Waals surface area contributed by atoms with Gasteiger partial charge in [-0.2, -0.15) is 0 Å². The third kappa shape index (κ3) is 4.21. The van der Waals surface area contributed by atoms with Gasteiger partial charge in [0.2, 0.25) is 0 Å². The van der Waals surface area contributed by atoms with Crippen molar-refractivity contribution in [2.75, 3.05) is 5.75 Å². The number of benzene rings is 1. The van der Waals surface area contributed by atoms with Crippen LogP contribution in [0.3, 0.4) is 0 Å². The fourth-order valence-corrected chi connectivity index (χ4v) is 3.77. The topological polar surface area (TPSA) is 17.1 Å². The summed E-state index contributed by atoms with van der Waals surface area (Å²) in [5, 5.41) is 2.08. The molecule has 0 spiro atoms. The van der Waals surface area contributed by atoms with Gasteiger partial charge in [0.1, 0.15) is 0 Å². The maximum absolute atomic E-state index is 12.3. The Kier molecular flexibility index (Phi) is 5.28. The van der Waals surface area contributed by atoms with Crippen LogP contribution in [0.4, 0.5) is 0 Å². The van der Waals surface area contributed by atoms with Gasteiger partial charge in [0.15, 0.2) is 5.78 Å². The first kappa shape index (κ1) is 16.3. The molecule has 0 saturated heterocycles. The zero-order chi connectivity index (χ0) is 15.5. The Morgan fingerprint density at radius 1 is 1.14 bits per heavy atom. The number of ketones is 1. The smallest absolute Gasteiger partial charge is 0.178 e. The van der Waals surface area contributed by atoms with E-state index in [4.69, 9.17) is 0 Å². The third-order valence-corrected chi connectivity index (χ3v) is 5.31. The monoisotopic (exact) mass is 318 g/mol. The first-order valence-corrected chi connectivity index (χ1v) is 9.15. The Labute approximate surface area is 135 Å². The van der Waals surface area contributed by atoms with Gasteiger partial charge in [-0.15, -0.1) is 23.1 Å². The maximum atomic E-state index is 12.3. The van der Waals surface area contributed by atoms with Crippen molar-refractivity contribution in [2.24, 2.45) is 5.41 Å². The Morgan fingerprint density at radius 3 is 2.38 bits per heavy atom. The van der Waals surface area contributed by atoms with Crippen LogP contribution in [-0.4, -0.2) is 11.5 Å². The molecule has 0 bridgehead atoms. The van der Waals surface area contributed by atoms with Gasteiger partial charge in [0.25, 0.3) is 0 Å². The highest BCUT2D eigenvalue weighted by molar-refractivity contribution is 7.99. The Balaban J connectivity index is 2.16. The SMILES string of the molecule is CCCSc1ccc(-c2csc(C(=O)C(C)(C)C)c2)cc1. The Hall–Kier alpha value is -1.06. The highest BCUT2D eigenvalue weighted by Crippen LogP contribution is 2.31. The number of Topliss-reactive ketones (excluding diaryl/α,β-unsaturated/α-hetero) is 1. The lowest BCUT2D eigenvalue weighted by Gasteiger charge is -2.14. The molecule has 3 heteroatoms. The van der Waals surface area contributed by atoms with Crippen LogP contribution in [0, 0.1) is 5.41 Å². The van der Waals surface area contributed by atoms with Crippen LogP contribution in [0.25, 0.3) is 11.1 Å². The molecule has 1 heterocycles. The van der Waals surface area contributed by atoms with Crippen molar-refractivity contribution in [3.63, 3.8) is 0 Å². The highest BCUT2D eigenvalue weighted by Gasteiger charge is 2.24. The predicted molar refractivity (Wildman–Crippen MR) is 94.6 cm³/mol. The average molecular weight is 319 g/mol. The number of hydrogen-bond acceptors (Lipinski definition) is 3. The molecule has 0 fully saturated rings. The normalized spacial score (nSPS) is 11.6. The summed E-state index contributed by atoms with van der Waals surface area (Å²) in [6.07, 6.45) is 1.19. The molecule has 0 aliphatic rings. The summed E-state index contributed by atoms with van der Waals surface area (Å²) in [5.41, 5.74) is 2.00. The van der Waals surface area contributed by atoms with Gasteiger partial charge < -0.3 is 0 Å². The zero-order valence-electron chi connectivity index (χ0n) is 13.1. The van der Waals surface area contributed by atoms with Gasteiger partial charge in [-0.1, -0.05) is 39.8 Å². The van der Waals surface area contributed by atoms with Gasteiger partial charge in [-0.3, -0.25) is 4.79 Å². The van der Waals surface area contributed by atoms with E-state index in [2.05, 4.69) is 36.6 Å². The number of carbonyl (C=O) groups excluding carboxylic acids is 1. The fourth-order valence-electron chi connectivity index (χ4n) is 1.94. The number of thioether (sulfide) groups is 1. The standard InChI is InChI=1S/C18H22OS2/c1-5-10-20-15-8-6-13(7-9-15)14-11-16(21-12-14)17(19)18(2,3)4/h6-9,11-12H,5,10H2,1-4H3. The van der Waals surface area contributed by atoms with Crippen LogP contribution in [0.15, 0.2) is 40.6 Å². The van der Waals surface area contributed by atoms with Crippen LogP contribution in [-0.2, 0) is 0 Å². The molecule has 0 aliphatic carbocycles. The summed E-state index contributed by atoms with van der Waals surface area (Å²) in [6.45, 7) is 8.10. The van der Waals surface area contributed by atoms with E-state index in [0.29, 0.717) is 0 Å². The van der Waals surface area contributed by atoms with Crippen molar-refractivity contribution in [2.45, 2.75) is 39.0 Å². The molecule has 0 unspecified atom stereocenters. The van der Waals surface area contributed by atoms with Gasteiger partial charge in [0, 0.05) is 10.3 Å². The summed E-state index contributed by atoms with van der Waals surface area (Å²) in [7, 11) is 0. The molecule has 0 N–H and O–H groups in total. The van der Waals surface area contributed by atoms with E-state index in [1.54, 1.807) is 11.3 Å². The van der Waals surface area contributed by atoms with Gasteiger partial charge >= 0.3 is 0 Å². The largest absolute Gasteiger partial charge is 0.293 e. The molecule has 0 atom stereocenters. The summed E-state index contributed by atoms with van der Waals surface area (Å²) < 4.78 is 0. The lowest BCUT2D eigenvalue weighted by atomic mass is 9.90. The van der Waals surface area contributed by atoms with Crippen molar-refractivity contribution >= 4 is 28.9 Å². The van der Waals surface area contributed by atoms with Crippen LogP contribution >= 0.6 is 23.1 Å². The summed E-state index contributed by atoms with van der Waals surface area (Å²) in [5.74, 6) is 1.37. The highest BCUT2D eigenvalue weighted by atomic mass is 32.2. The zero-order valence-corrected chi connectivity index (χ0v) is 14.7. The van der Waals surface area contributed by atoms with Crippen LogP contribution in [0.5, 0.6) is 0 Å². The summed E-state index contributed by atoms with van der Waals surface area (Å²) in [4.78, 5) is 14.4. The van der Waals surface area contributed by atoms with Gasteiger partial charge in [0.05, 0.1) is 4.88 Å². The van der Waals surface area contributed by atoms with Crippen LogP contribution in [0.1, 0.15) is 43.8 Å². The molecule has 0 radical (unpaired) electrons. The summed E-state index contributed by atoms with van der Waals surface area (Å²) in [6, 6.07) is 10.6. The number of hydrogen-bond donors (Lipinski definition) is 0. The fraction of sp³-hybridized carbons (Fsp3) is 0.389. The molecular formula is C18H22OS2. The van der Waals surface area contributed by atoms with E-state index in [0.717, 1.165) is 16.2 Å². The number of thiophene rings is 1. The third-order valence-electron chi connectivity index (χ3n) is 3.16. The lowest BCUT2D eigenvalue weighted by Crippen LogP contribution is -2.18.